The van der Waals surface area contributed by atoms with Crippen LogP contribution in [0.25, 0.3) is 0 Å². The average molecular weight is 259 g/mol. The quantitative estimate of drug-likeness (QED) is 0.817. The molecule has 0 aromatic carbocycles. The molecule has 1 aromatic heterocycles. The number of hydrogen-bond acceptors (Lipinski definition) is 4. The van der Waals surface area contributed by atoms with Crippen molar-refractivity contribution in [2.45, 2.75) is 6.54 Å². The Bertz CT molecular complexity index is 357. The van der Waals surface area contributed by atoms with E-state index in [1.165, 1.54) is 0 Å². The molecule has 0 aliphatic heterocycles. The monoisotopic (exact) mass is 258 g/mol. The molecule has 5 nitrogen and oxygen atoms in total. The first-order chi connectivity index (χ1) is 7.61. The second kappa shape index (κ2) is 8.00. The van der Waals surface area contributed by atoms with E-state index < -0.39 is 0 Å². The highest BCUT2D eigenvalue weighted by atomic mass is 35.5. The molecule has 0 unspecified atom stereocenters. The maximum absolute atomic E-state index is 11.3. The van der Waals surface area contributed by atoms with Gasteiger partial charge in [-0.05, 0) is 38.8 Å². The summed E-state index contributed by atoms with van der Waals surface area (Å²) in [4.78, 5) is 17.5. The van der Waals surface area contributed by atoms with Crippen molar-refractivity contribution in [3.8, 4) is 0 Å². The number of aromatic nitrogens is 1. The van der Waals surface area contributed by atoms with Gasteiger partial charge in [-0.1, -0.05) is 0 Å². The molecule has 6 heteroatoms. The van der Waals surface area contributed by atoms with E-state index in [0.29, 0.717) is 12.4 Å². The number of carbonyl (C=O) groups excluding carboxylic acids is 1. The fraction of sp³-hybridized carbons (Fsp3) is 0.455. The molecule has 1 rings (SSSR count). The van der Waals surface area contributed by atoms with Crippen LogP contribution >= 0.6 is 12.4 Å². The van der Waals surface area contributed by atoms with Gasteiger partial charge in [0, 0.05) is 12.7 Å². The molecule has 96 valence electrons. The van der Waals surface area contributed by atoms with Gasteiger partial charge in [0.05, 0.1) is 6.54 Å². The maximum Gasteiger partial charge on any atom is 0.239 e. The summed E-state index contributed by atoms with van der Waals surface area (Å²) in [7, 11) is 5.73. The zero-order chi connectivity index (χ0) is 12.0. The van der Waals surface area contributed by atoms with Crippen LogP contribution in [0.2, 0.25) is 0 Å². The van der Waals surface area contributed by atoms with Gasteiger partial charge >= 0.3 is 0 Å². The number of carbonyl (C=O) groups is 1. The van der Waals surface area contributed by atoms with Crippen molar-refractivity contribution in [2.24, 2.45) is 0 Å². The Labute approximate surface area is 108 Å². The average Bonchev–Trinajstić information content (AvgIpc) is 2.17. The topological polar surface area (TPSA) is 57.3 Å². The molecular weight excluding hydrogens is 240 g/mol. The number of nitrogens with one attached hydrogen (secondary N) is 2. The molecule has 1 aromatic rings. The van der Waals surface area contributed by atoms with Crippen molar-refractivity contribution in [3.63, 3.8) is 0 Å². The fourth-order valence-corrected chi connectivity index (χ4v) is 1.35. The van der Waals surface area contributed by atoms with E-state index in [1.807, 2.05) is 26.2 Å². The van der Waals surface area contributed by atoms with Crippen molar-refractivity contribution >= 4 is 24.1 Å². The van der Waals surface area contributed by atoms with Crippen molar-refractivity contribution in [3.05, 3.63) is 23.9 Å². The third-order valence-electron chi connectivity index (χ3n) is 1.93. The number of pyridine rings is 1. The van der Waals surface area contributed by atoms with Crippen LogP contribution in [0, 0.1) is 0 Å². The van der Waals surface area contributed by atoms with Gasteiger partial charge < -0.3 is 15.5 Å². The summed E-state index contributed by atoms with van der Waals surface area (Å²) in [6.45, 7) is 1.12. The molecular formula is C11H19ClN4O. The minimum atomic E-state index is -0.0861. The van der Waals surface area contributed by atoms with Gasteiger partial charge in [-0.3, -0.25) is 4.79 Å². The SMILES string of the molecule is CNCC(=O)Nc1cc(CN(C)C)ccn1.Cl. The number of likely N-dealkylation sites (N-methyl/N-ethyl adjacent to an activating group) is 1. The lowest BCUT2D eigenvalue weighted by Gasteiger charge is -2.10. The zero-order valence-electron chi connectivity index (χ0n) is 10.4. The van der Waals surface area contributed by atoms with Crippen molar-refractivity contribution < 1.29 is 4.79 Å². The van der Waals surface area contributed by atoms with Gasteiger partial charge in [-0.15, -0.1) is 12.4 Å². The molecule has 0 saturated heterocycles. The Kier molecular flexibility index (Phi) is 7.45. The normalized spacial score (nSPS) is 9.88. The summed E-state index contributed by atoms with van der Waals surface area (Å²) in [5, 5.41) is 5.51. The summed E-state index contributed by atoms with van der Waals surface area (Å²) < 4.78 is 0. The predicted molar refractivity (Wildman–Crippen MR) is 71.4 cm³/mol. The second-order valence-corrected chi connectivity index (χ2v) is 3.87. The van der Waals surface area contributed by atoms with Crippen LogP contribution in [-0.2, 0) is 11.3 Å². The van der Waals surface area contributed by atoms with Gasteiger partial charge in [0.2, 0.25) is 5.91 Å². The van der Waals surface area contributed by atoms with Crippen LogP contribution in [0.5, 0.6) is 0 Å². The third-order valence-corrected chi connectivity index (χ3v) is 1.93. The summed E-state index contributed by atoms with van der Waals surface area (Å²) in [6.07, 6.45) is 1.70. The molecule has 0 radical (unpaired) electrons. The van der Waals surface area contributed by atoms with Gasteiger partial charge in [-0.2, -0.15) is 0 Å². The Morgan fingerprint density at radius 3 is 2.76 bits per heavy atom. The number of anilines is 1. The lowest BCUT2D eigenvalue weighted by atomic mass is 10.2. The summed E-state index contributed by atoms with van der Waals surface area (Å²) >= 11 is 0. The first-order valence-electron chi connectivity index (χ1n) is 5.16. The molecule has 0 aliphatic rings. The van der Waals surface area contributed by atoms with Crippen LogP contribution in [-0.4, -0.2) is 43.5 Å². The standard InChI is InChI=1S/C11H18N4O.ClH/c1-12-7-11(16)14-10-6-9(4-5-13-10)8-15(2)3;/h4-6,12H,7-8H2,1-3H3,(H,13,14,16);1H. The van der Waals surface area contributed by atoms with Crippen LogP contribution in [0.4, 0.5) is 5.82 Å². The molecule has 2 N–H and O–H groups in total. The lowest BCUT2D eigenvalue weighted by Crippen LogP contribution is -2.25. The van der Waals surface area contributed by atoms with E-state index in [0.717, 1.165) is 12.1 Å². The molecule has 1 amide bonds. The molecule has 0 bridgehead atoms. The number of hydrogen-bond donors (Lipinski definition) is 2. The van der Waals surface area contributed by atoms with Crippen molar-refractivity contribution in [1.29, 1.82) is 0 Å². The molecule has 0 aliphatic carbocycles. The minimum absolute atomic E-state index is 0. The number of rotatable bonds is 5. The zero-order valence-corrected chi connectivity index (χ0v) is 11.2. The largest absolute Gasteiger partial charge is 0.311 e. The first-order valence-corrected chi connectivity index (χ1v) is 5.16. The van der Waals surface area contributed by atoms with E-state index in [4.69, 9.17) is 0 Å². The Balaban J connectivity index is 0.00000256. The van der Waals surface area contributed by atoms with Crippen LogP contribution in [0.3, 0.4) is 0 Å². The van der Waals surface area contributed by atoms with E-state index in [1.54, 1.807) is 13.2 Å². The van der Waals surface area contributed by atoms with Crippen LogP contribution in [0.1, 0.15) is 5.56 Å². The number of halogens is 1. The Morgan fingerprint density at radius 2 is 2.18 bits per heavy atom. The summed E-state index contributed by atoms with van der Waals surface area (Å²) in [5.41, 5.74) is 1.12. The Hall–Kier alpha value is -1.17. The number of amides is 1. The molecule has 1 heterocycles. The highest BCUT2D eigenvalue weighted by Crippen LogP contribution is 2.07. The van der Waals surface area contributed by atoms with Gasteiger partial charge in [-0.25, -0.2) is 4.98 Å². The maximum atomic E-state index is 11.3. The number of nitrogens with zero attached hydrogens (tertiary/aromatic N) is 2. The van der Waals surface area contributed by atoms with E-state index in [9.17, 15) is 4.79 Å². The van der Waals surface area contributed by atoms with Gasteiger partial charge in [0.25, 0.3) is 0 Å². The van der Waals surface area contributed by atoms with Crippen molar-refractivity contribution in [1.82, 2.24) is 15.2 Å². The second-order valence-electron chi connectivity index (χ2n) is 3.87. The van der Waals surface area contributed by atoms with Gasteiger partial charge in [0.15, 0.2) is 0 Å². The van der Waals surface area contributed by atoms with Crippen molar-refractivity contribution in [2.75, 3.05) is 33.0 Å². The highest BCUT2D eigenvalue weighted by molar-refractivity contribution is 5.91. The molecule has 0 fully saturated rings. The lowest BCUT2D eigenvalue weighted by molar-refractivity contribution is -0.115. The summed E-state index contributed by atoms with van der Waals surface area (Å²) in [6, 6.07) is 3.82. The molecule has 0 saturated carbocycles. The predicted octanol–water partition coefficient (Wildman–Crippen LogP) is 0.723. The highest BCUT2D eigenvalue weighted by Gasteiger charge is 2.02. The first kappa shape index (κ1) is 15.8. The van der Waals surface area contributed by atoms with Crippen LogP contribution < -0.4 is 10.6 Å². The minimum Gasteiger partial charge on any atom is -0.311 e. The fourth-order valence-electron chi connectivity index (χ4n) is 1.35. The van der Waals surface area contributed by atoms with Gasteiger partial charge in [0.1, 0.15) is 5.82 Å². The van der Waals surface area contributed by atoms with E-state index in [2.05, 4.69) is 20.5 Å². The molecule has 0 atom stereocenters. The Morgan fingerprint density at radius 1 is 1.47 bits per heavy atom. The van der Waals surface area contributed by atoms with E-state index in [-0.39, 0.29) is 18.3 Å². The molecule has 0 spiro atoms. The molecule has 17 heavy (non-hydrogen) atoms. The third kappa shape index (κ3) is 6.21. The van der Waals surface area contributed by atoms with Crippen LogP contribution in [0.15, 0.2) is 18.3 Å². The summed E-state index contributed by atoms with van der Waals surface area (Å²) in [5.74, 6) is 0.511. The smallest absolute Gasteiger partial charge is 0.239 e. The van der Waals surface area contributed by atoms with E-state index >= 15 is 0 Å².